The number of imidazole rings is 1. The molecule has 4 heterocycles. The minimum Gasteiger partial charge on any atom is -0.394 e. The van der Waals surface area contributed by atoms with E-state index in [1.165, 1.54) is 6.33 Å². The van der Waals surface area contributed by atoms with Crippen LogP contribution in [-0.4, -0.2) is 58.8 Å². The number of aliphatic hydroxyl groups excluding tert-OH is 2. The lowest BCUT2D eigenvalue weighted by molar-refractivity contribution is -0.0430. The van der Waals surface area contributed by atoms with E-state index in [0.29, 0.717) is 22.6 Å². The van der Waals surface area contributed by atoms with Crippen LogP contribution in [0.3, 0.4) is 0 Å². The van der Waals surface area contributed by atoms with Crippen molar-refractivity contribution in [1.29, 1.82) is 0 Å². The quantitative estimate of drug-likeness (QED) is 0.370. The molecule has 0 aliphatic carbocycles. The molecule has 0 amide bonds. The SMILES string of the molecule is Nc1nc(-c2cnc3ccccc3c2)nc2c1ncn2[C@@H]1O[C@H](CO)[C@@H](O)[C@H]1S. The number of aromatic nitrogens is 5. The minimum atomic E-state index is -0.922. The standard InChI is InChI=1S/C19H18N6O3S/c20-16-13-18(25(8-22-13)19-15(29)14(27)12(7-26)28-19)24-17(23-16)10-5-9-3-1-2-4-11(9)21-6-10/h1-6,8,12,14-15,19,26-27,29H,7H2,(H2,20,23,24)/t12-,14-,15-,19-/m1/s1. The Balaban J connectivity index is 1.62. The van der Waals surface area contributed by atoms with Gasteiger partial charge in [-0.3, -0.25) is 9.55 Å². The fraction of sp³-hybridized carbons (Fsp3) is 0.263. The number of pyridine rings is 1. The molecular weight excluding hydrogens is 392 g/mol. The Morgan fingerprint density at radius 1 is 1.21 bits per heavy atom. The van der Waals surface area contributed by atoms with E-state index in [-0.39, 0.29) is 12.4 Å². The molecule has 1 aromatic carbocycles. The van der Waals surface area contributed by atoms with Crippen LogP contribution in [0.15, 0.2) is 42.9 Å². The van der Waals surface area contributed by atoms with E-state index >= 15 is 0 Å². The first-order valence-electron chi connectivity index (χ1n) is 9.04. The molecule has 0 bridgehead atoms. The minimum absolute atomic E-state index is 0.227. The van der Waals surface area contributed by atoms with Crippen molar-refractivity contribution in [3.63, 3.8) is 0 Å². The van der Waals surface area contributed by atoms with Crippen LogP contribution in [0.4, 0.5) is 5.82 Å². The highest BCUT2D eigenvalue weighted by Crippen LogP contribution is 2.35. The molecule has 1 fully saturated rings. The molecule has 0 unspecified atom stereocenters. The summed E-state index contributed by atoms with van der Waals surface area (Å²) < 4.78 is 7.42. The van der Waals surface area contributed by atoms with Crippen molar-refractivity contribution in [1.82, 2.24) is 24.5 Å². The highest BCUT2D eigenvalue weighted by atomic mass is 32.1. The third-order valence-electron chi connectivity index (χ3n) is 5.09. The highest BCUT2D eigenvalue weighted by Gasteiger charge is 2.43. The summed E-state index contributed by atoms with van der Waals surface area (Å²) in [7, 11) is 0. The molecule has 0 radical (unpaired) electrons. The van der Waals surface area contributed by atoms with E-state index in [2.05, 4.69) is 32.6 Å². The second-order valence-corrected chi connectivity index (χ2v) is 7.50. The summed E-state index contributed by atoms with van der Waals surface area (Å²) in [4.78, 5) is 17.8. The number of rotatable bonds is 3. The Labute approximate surface area is 170 Å². The van der Waals surface area contributed by atoms with E-state index in [9.17, 15) is 10.2 Å². The zero-order chi connectivity index (χ0) is 20.1. The number of nitrogen functional groups attached to an aromatic ring is 1. The number of para-hydroxylation sites is 1. The summed E-state index contributed by atoms with van der Waals surface area (Å²) in [6, 6.07) is 9.71. The largest absolute Gasteiger partial charge is 0.394 e. The van der Waals surface area contributed by atoms with Gasteiger partial charge in [-0.15, -0.1) is 0 Å². The summed E-state index contributed by atoms with van der Waals surface area (Å²) >= 11 is 4.45. The molecule has 4 atom stereocenters. The Morgan fingerprint density at radius 3 is 2.83 bits per heavy atom. The maximum Gasteiger partial charge on any atom is 0.168 e. The maximum atomic E-state index is 10.2. The lowest BCUT2D eigenvalue weighted by Crippen LogP contribution is -2.30. The topological polar surface area (TPSA) is 132 Å². The lowest BCUT2D eigenvalue weighted by Gasteiger charge is -2.17. The summed E-state index contributed by atoms with van der Waals surface area (Å²) in [5.41, 5.74) is 8.60. The van der Waals surface area contributed by atoms with Crippen molar-refractivity contribution in [3.05, 3.63) is 42.9 Å². The van der Waals surface area contributed by atoms with Crippen molar-refractivity contribution < 1.29 is 14.9 Å². The van der Waals surface area contributed by atoms with Crippen LogP contribution in [-0.2, 0) is 4.74 Å². The lowest BCUT2D eigenvalue weighted by atomic mass is 10.1. The van der Waals surface area contributed by atoms with Gasteiger partial charge < -0.3 is 20.7 Å². The fourth-order valence-corrected chi connectivity index (χ4v) is 3.96. The maximum absolute atomic E-state index is 10.2. The summed E-state index contributed by atoms with van der Waals surface area (Å²) in [5.74, 6) is 0.632. The second-order valence-electron chi connectivity index (χ2n) is 6.90. The van der Waals surface area contributed by atoms with Crippen LogP contribution < -0.4 is 5.73 Å². The van der Waals surface area contributed by atoms with Gasteiger partial charge in [0.25, 0.3) is 0 Å². The number of hydrogen-bond donors (Lipinski definition) is 4. The van der Waals surface area contributed by atoms with Crippen LogP contribution in [0.2, 0.25) is 0 Å². The third kappa shape index (κ3) is 2.92. The van der Waals surface area contributed by atoms with Gasteiger partial charge >= 0.3 is 0 Å². The number of nitrogens with two attached hydrogens (primary N) is 1. The van der Waals surface area contributed by atoms with Crippen molar-refractivity contribution in [3.8, 4) is 11.4 Å². The average Bonchev–Trinajstić information content (AvgIpc) is 3.29. The molecular formula is C19H18N6O3S. The van der Waals surface area contributed by atoms with Crippen LogP contribution in [0.1, 0.15) is 6.23 Å². The highest BCUT2D eigenvalue weighted by molar-refractivity contribution is 7.81. The molecule has 1 saturated heterocycles. The summed E-state index contributed by atoms with van der Waals surface area (Å²) in [6.07, 6.45) is 0.908. The van der Waals surface area contributed by atoms with Crippen molar-refractivity contribution in [2.75, 3.05) is 12.3 Å². The van der Waals surface area contributed by atoms with Crippen LogP contribution in [0, 0.1) is 0 Å². The Bertz CT molecular complexity index is 1220. The zero-order valence-electron chi connectivity index (χ0n) is 15.1. The van der Waals surface area contributed by atoms with Gasteiger partial charge in [0.2, 0.25) is 0 Å². The molecule has 29 heavy (non-hydrogen) atoms. The monoisotopic (exact) mass is 410 g/mol. The van der Waals surface area contributed by atoms with Crippen molar-refractivity contribution in [2.24, 2.45) is 0 Å². The van der Waals surface area contributed by atoms with Crippen molar-refractivity contribution in [2.45, 2.75) is 23.7 Å². The molecule has 4 N–H and O–H groups in total. The Morgan fingerprint density at radius 2 is 2.03 bits per heavy atom. The van der Waals surface area contributed by atoms with Gasteiger partial charge in [-0.1, -0.05) is 18.2 Å². The number of benzene rings is 1. The predicted octanol–water partition coefficient (Wildman–Crippen LogP) is 1.17. The van der Waals surface area contributed by atoms with Gasteiger partial charge in [0.1, 0.15) is 11.6 Å². The molecule has 1 aliphatic heterocycles. The predicted molar refractivity (Wildman–Crippen MR) is 110 cm³/mol. The molecule has 5 rings (SSSR count). The first kappa shape index (κ1) is 18.3. The smallest absolute Gasteiger partial charge is 0.168 e. The fourth-order valence-electron chi connectivity index (χ4n) is 3.56. The first-order chi connectivity index (χ1) is 14.1. The van der Waals surface area contributed by atoms with Crippen molar-refractivity contribution >= 4 is 40.5 Å². The number of fused-ring (bicyclic) bond motifs is 2. The van der Waals surface area contributed by atoms with Gasteiger partial charge in [-0.05, 0) is 12.1 Å². The first-order valence-corrected chi connectivity index (χ1v) is 9.56. The number of ether oxygens (including phenoxy) is 1. The normalized spacial score (nSPS) is 24.5. The van der Waals surface area contributed by atoms with Gasteiger partial charge in [0, 0.05) is 17.1 Å². The van der Waals surface area contributed by atoms with Crippen LogP contribution in [0.5, 0.6) is 0 Å². The van der Waals surface area contributed by atoms with Crippen LogP contribution >= 0.6 is 12.6 Å². The van der Waals surface area contributed by atoms with Crippen LogP contribution in [0.25, 0.3) is 33.5 Å². The molecule has 3 aromatic heterocycles. The van der Waals surface area contributed by atoms with E-state index in [1.807, 2.05) is 30.3 Å². The van der Waals surface area contributed by atoms with E-state index in [1.54, 1.807) is 10.8 Å². The molecule has 0 spiro atoms. The Kier molecular flexibility index (Phi) is 4.36. The number of thiol groups is 1. The second kappa shape index (κ2) is 6.92. The zero-order valence-corrected chi connectivity index (χ0v) is 16.0. The van der Waals surface area contributed by atoms with Gasteiger partial charge in [0.15, 0.2) is 23.5 Å². The number of nitrogens with zero attached hydrogens (tertiary/aromatic N) is 5. The molecule has 0 saturated carbocycles. The average molecular weight is 410 g/mol. The van der Waals surface area contributed by atoms with E-state index in [0.717, 1.165) is 10.9 Å². The van der Waals surface area contributed by atoms with E-state index in [4.69, 9.17) is 10.5 Å². The molecule has 10 heteroatoms. The molecule has 4 aromatic rings. The number of aliphatic hydroxyl groups is 2. The number of anilines is 1. The molecule has 9 nitrogen and oxygen atoms in total. The Hall–Kier alpha value is -2.79. The van der Waals surface area contributed by atoms with Gasteiger partial charge in [0.05, 0.1) is 29.8 Å². The third-order valence-corrected chi connectivity index (χ3v) is 5.65. The summed E-state index contributed by atoms with van der Waals surface area (Å²) in [5, 5.41) is 20.0. The van der Waals surface area contributed by atoms with E-state index < -0.39 is 23.7 Å². The van der Waals surface area contributed by atoms with Gasteiger partial charge in [-0.2, -0.15) is 12.6 Å². The van der Waals surface area contributed by atoms with Gasteiger partial charge in [-0.25, -0.2) is 15.0 Å². The number of hydrogen-bond acceptors (Lipinski definition) is 9. The summed E-state index contributed by atoms with van der Waals surface area (Å²) in [6.45, 7) is -0.313. The molecule has 1 aliphatic rings. The molecule has 148 valence electrons.